The Morgan fingerprint density at radius 3 is 2.71 bits per heavy atom. The van der Waals surface area contributed by atoms with Crippen LogP contribution in [0.15, 0.2) is 11.6 Å². The van der Waals surface area contributed by atoms with Crippen molar-refractivity contribution in [2.75, 3.05) is 0 Å². The first kappa shape index (κ1) is 14.6. The fourth-order valence-electron chi connectivity index (χ4n) is 6.59. The van der Waals surface area contributed by atoms with Crippen LogP contribution >= 0.6 is 11.6 Å². The summed E-state index contributed by atoms with van der Waals surface area (Å²) in [5, 5.41) is 10.8. The number of alkyl halides is 1. The molecule has 1 N–H and O–H groups in total. The highest BCUT2D eigenvalue weighted by Crippen LogP contribution is 2.64. The molecule has 4 aliphatic carbocycles. The molecule has 4 rings (SSSR count). The number of aliphatic hydroxyl groups excluding tert-OH is 1. The van der Waals surface area contributed by atoms with E-state index in [2.05, 4.69) is 19.9 Å². The lowest BCUT2D eigenvalue weighted by atomic mass is 9.48. The van der Waals surface area contributed by atoms with Gasteiger partial charge in [-0.1, -0.05) is 25.5 Å². The highest BCUT2D eigenvalue weighted by atomic mass is 35.5. The third kappa shape index (κ3) is 1.92. The number of rotatable bonds is 0. The van der Waals surface area contributed by atoms with E-state index in [4.69, 9.17) is 11.6 Å². The summed E-state index contributed by atoms with van der Waals surface area (Å²) in [6, 6.07) is 0. The molecule has 0 amide bonds. The van der Waals surface area contributed by atoms with E-state index in [-0.39, 0.29) is 11.5 Å². The van der Waals surface area contributed by atoms with E-state index in [0.717, 1.165) is 30.6 Å². The largest absolute Gasteiger partial charge is 0.393 e. The zero-order chi connectivity index (χ0) is 14.8. The first-order valence-corrected chi connectivity index (χ1v) is 9.40. The molecule has 7 atom stereocenters. The summed E-state index contributed by atoms with van der Waals surface area (Å²) in [5.74, 6) is 2.39. The van der Waals surface area contributed by atoms with Gasteiger partial charge in [-0.25, -0.2) is 0 Å². The Balaban J connectivity index is 1.68. The third-order valence-corrected chi connectivity index (χ3v) is 8.37. The first-order chi connectivity index (χ1) is 9.95. The van der Waals surface area contributed by atoms with Crippen LogP contribution in [0, 0.1) is 28.6 Å². The highest BCUT2D eigenvalue weighted by Gasteiger charge is 2.58. The molecule has 0 aromatic carbocycles. The topological polar surface area (TPSA) is 20.2 Å². The molecule has 4 aliphatic rings. The minimum absolute atomic E-state index is 0.0554. The SMILES string of the molecule is C[C@]12CCC(Cl)CC1=CC[C@@H]1[C@@H]2CC[C@]2(C)C(O)CC[C@@H]12. The van der Waals surface area contributed by atoms with Gasteiger partial charge >= 0.3 is 0 Å². The van der Waals surface area contributed by atoms with Crippen LogP contribution in [0.25, 0.3) is 0 Å². The molecule has 2 heteroatoms. The van der Waals surface area contributed by atoms with Gasteiger partial charge < -0.3 is 5.11 Å². The molecule has 0 heterocycles. The molecule has 21 heavy (non-hydrogen) atoms. The summed E-state index contributed by atoms with van der Waals surface area (Å²) in [6.07, 6.45) is 12.1. The van der Waals surface area contributed by atoms with Crippen LogP contribution in [0.5, 0.6) is 0 Å². The van der Waals surface area contributed by atoms with E-state index < -0.39 is 0 Å². The number of hydrogen-bond acceptors (Lipinski definition) is 1. The Bertz CT molecular complexity index is 472. The second kappa shape index (κ2) is 4.74. The molecule has 0 aliphatic heterocycles. The van der Waals surface area contributed by atoms with Crippen molar-refractivity contribution in [2.24, 2.45) is 28.6 Å². The summed E-state index contributed by atoms with van der Waals surface area (Å²) in [6.45, 7) is 4.88. The van der Waals surface area contributed by atoms with Crippen LogP contribution in [0.3, 0.4) is 0 Å². The Morgan fingerprint density at radius 2 is 1.90 bits per heavy atom. The predicted molar refractivity (Wildman–Crippen MR) is 87.4 cm³/mol. The van der Waals surface area contributed by atoms with Gasteiger partial charge in [0.25, 0.3) is 0 Å². The molecule has 3 fully saturated rings. The molecule has 0 bridgehead atoms. The summed E-state index contributed by atoms with van der Waals surface area (Å²) in [7, 11) is 0. The number of fused-ring (bicyclic) bond motifs is 5. The molecule has 0 aromatic rings. The summed E-state index contributed by atoms with van der Waals surface area (Å²) >= 11 is 6.43. The van der Waals surface area contributed by atoms with Gasteiger partial charge in [-0.05, 0) is 80.0 Å². The van der Waals surface area contributed by atoms with Crippen LogP contribution in [0.4, 0.5) is 0 Å². The maximum absolute atomic E-state index is 10.5. The van der Waals surface area contributed by atoms with Crippen LogP contribution < -0.4 is 0 Å². The standard InChI is InChI=1S/C19H29ClO/c1-18-9-7-13(20)11-12(18)3-4-14-15-5-6-17(21)19(15,2)10-8-16(14)18/h3,13-17,21H,4-11H2,1-2H3/t13?,14-,15-,16-,17?,18-,19-/m0/s1. The predicted octanol–water partition coefficient (Wildman–Crippen LogP) is 4.92. The smallest absolute Gasteiger partial charge is 0.0596 e. The lowest BCUT2D eigenvalue weighted by Crippen LogP contribution is -2.50. The van der Waals surface area contributed by atoms with E-state index in [1.165, 1.54) is 38.5 Å². The lowest BCUT2D eigenvalue weighted by Gasteiger charge is -2.57. The second-order valence-electron chi connectivity index (χ2n) is 8.74. The van der Waals surface area contributed by atoms with Gasteiger partial charge in [0.05, 0.1) is 6.10 Å². The Kier molecular flexibility index (Phi) is 3.29. The second-order valence-corrected chi connectivity index (χ2v) is 9.35. The molecule has 0 spiro atoms. The maximum atomic E-state index is 10.5. The van der Waals surface area contributed by atoms with Gasteiger partial charge in [0.1, 0.15) is 0 Å². The van der Waals surface area contributed by atoms with Gasteiger partial charge in [-0.2, -0.15) is 0 Å². The van der Waals surface area contributed by atoms with Crippen molar-refractivity contribution in [3.8, 4) is 0 Å². The van der Waals surface area contributed by atoms with E-state index >= 15 is 0 Å². The maximum Gasteiger partial charge on any atom is 0.0596 e. The van der Waals surface area contributed by atoms with Crippen LogP contribution in [0.2, 0.25) is 0 Å². The van der Waals surface area contributed by atoms with Gasteiger partial charge in [0, 0.05) is 5.38 Å². The van der Waals surface area contributed by atoms with Crippen LogP contribution in [-0.4, -0.2) is 16.6 Å². The lowest BCUT2D eigenvalue weighted by molar-refractivity contribution is -0.0659. The molecule has 1 nitrogen and oxygen atoms in total. The molecular weight excluding hydrogens is 280 g/mol. The van der Waals surface area contributed by atoms with Crippen molar-refractivity contribution in [2.45, 2.75) is 76.7 Å². The van der Waals surface area contributed by atoms with Gasteiger partial charge in [-0.15, -0.1) is 11.6 Å². The van der Waals surface area contributed by atoms with E-state index in [9.17, 15) is 5.11 Å². The Morgan fingerprint density at radius 1 is 1.10 bits per heavy atom. The zero-order valence-electron chi connectivity index (χ0n) is 13.4. The fourth-order valence-corrected chi connectivity index (χ4v) is 6.86. The molecule has 3 saturated carbocycles. The van der Waals surface area contributed by atoms with E-state index in [0.29, 0.717) is 10.8 Å². The molecule has 0 aromatic heterocycles. The number of allylic oxidation sites excluding steroid dienone is 2. The molecular formula is C19H29ClO. The van der Waals surface area contributed by atoms with E-state index in [1.807, 2.05) is 0 Å². The number of hydrogen-bond donors (Lipinski definition) is 1. The minimum atomic E-state index is -0.0554. The number of aliphatic hydroxyl groups is 1. The van der Waals surface area contributed by atoms with Gasteiger partial charge in [0.2, 0.25) is 0 Å². The monoisotopic (exact) mass is 308 g/mol. The number of halogens is 1. The molecule has 118 valence electrons. The van der Waals surface area contributed by atoms with Crippen molar-refractivity contribution < 1.29 is 5.11 Å². The van der Waals surface area contributed by atoms with Gasteiger partial charge in [0.15, 0.2) is 0 Å². The van der Waals surface area contributed by atoms with Gasteiger partial charge in [-0.3, -0.25) is 0 Å². The van der Waals surface area contributed by atoms with Crippen molar-refractivity contribution in [3.05, 3.63) is 11.6 Å². The molecule has 2 unspecified atom stereocenters. The normalized spacial score (nSPS) is 56.2. The minimum Gasteiger partial charge on any atom is -0.393 e. The van der Waals surface area contributed by atoms with Crippen molar-refractivity contribution >= 4 is 11.6 Å². The molecule has 0 saturated heterocycles. The first-order valence-electron chi connectivity index (χ1n) is 8.97. The summed E-state index contributed by atoms with van der Waals surface area (Å²) in [4.78, 5) is 0. The summed E-state index contributed by atoms with van der Waals surface area (Å²) in [5.41, 5.74) is 2.27. The quantitative estimate of drug-likeness (QED) is 0.497. The van der Waals surface area contributed by atoms with Crippen LogP contribution in [-0.2, 0) is 0 Å². The van der Waals surface area contributed by atoms with Crippen molar-refractivity contribution in [3.63, 3.8) is 0 Å². The van der Waals surface area contributed by atoms with Crippen LogP contribution in [0.1, 0.15) is 65.2 Å². The highest BCUT2D eigenvalue weighted by molar-refractivity contribution is 6.20. The third-order valence-electron chi connectivity index (χ3n) is 7.99. The Labute approximate surface area is 134 Å². The molecule has 0 radical (unpaired) electrons. The van der Waals surface area contributed by atoms with Crippen molar-refractivity contribution in [1.29, 1.82) is 0 Å². The Hall–Kier alpha value is -0.0100. The zero-order valence-corrected chi connectivity index (χ0v) is 14.2. The summed E-state index contributed by atoms with van der Waals surface area (Å²) < 4.78 is 0. The fraction of sp³-hybridized carbons (Fsp3) is 0.895. The van der Waals surface area contributed by atoms with E-state index in [1.54, 1.807) is 5.57 Å². The average Bonchev–Trinajstić information content (AvgIpc) is 2.76. The van der Waals surface area contributed by atoms with Crippen molar-refractivity contribution in [1.82, 2.24) is 0 Å². The average molecular weight is 309 g/mol.